The van der Waals surface area contributed by atoms with Crippen molar-refractivity contribution < 1.29 is 27.5 Å². The first-order chi connectivity index (χ1) is 14.3. The molecular weight excluding hydrogens is 399 g/mol. The van der Waals surface area contributed by atoms with Gasteiger partial charge in [0.2, 0.25) is 5.91 Å². The lowest BCUT2D eigenvalue weighted by Crippen LogP contribution is -2.55. The van der Waals surface area contributed by atoms with Crippen LogP contribution < -0.4 is 10.1 Å². The smallest absolute Gasteiger partial charge is 0.405 e. The highest BCUT2D eigenvalue weighted by atomic mass is 19.4. The summed E-state index contributed by atoms with van der Waals surface area (Å²) in [6.07, 6.45) is -3.16. The summed E-state index contributed by atoms with van der Waals surface area (Å²) in [7, 11) is 0. The number of hydrogen-bond acceptors (Lipinski definition) is 3. The van der Waals surface area contributed by atoms with Crippen molar-refractivity contribution in [1.29, 1.82) is 0 Å². The maximum absolute atomic E-state index is 12.7. The molecule has 30 heavy (non-hydrogen) atoms. The number of carbonyl (C=O) groups excluding carboxylic acids is 2. The number of alkyl halides is 3. The van der Waals surface area contributed by atoms with E-state index in [1.807, 2.05) is 24.3 Å². The average molecular weight is 417 g/mol. The number of likely N-dealkylation sites (tertiary alicyclic amines) is 1. The minimum atomic E-state index is -4.81. The van der Waals surface area contributed by atoms with Gasteiger partial charge in [0, 0.05) is 42.3 Å². The zero-order valence-electron chi connectivity index (χ0n) is 15.7. The second kappa shape index (κ2) is 7.74. The third-order valence-corrected chi connectivity index (χ3v) is 5.01. The van der Waals surface area contributed by atoms with Gasteiger partial charge >= 0.3 is 6.36 Å². The second-order valence-corrected chi connectivity index (χ2v) is 7.03. The van der Waals surface area contributed by atoms with Gasteiger partial charge in [0.1, 0.15) is 5.75 Å². The first-order valence-corrected chi connectivity index (χ1v) is 9.28. The maximum Gasteiger partial charge on any atom is 0.573 e. The Kier molecular flexibility index (Phi) is 5.11. The number of fused-ring (bicyclic) bond motifs is 1. The Labute approximate surface area is 169 Å². The van der Waals surface area contributed by atoms with Gasteiger partial charge in [-0.3, -0.25) is 9.59 Å². The minimum absolute atomic E-state index is 0.0992. The number of rotatable bonds is 5. The van der Waals surface area contributed by atoms with E-state index in [0.29, 0.717) is 5.56 Å². The van der Waals surface area contributed by atoms with Gasteiger partial charge in [0.25, 0.3) is 5.91 Å². The lowest BCUT2D eigenvalue weighted by atomic mass is 9.97. The lowest BCUT2D eigenvalue weighted by Gasteiger charge is -2.38. The number of nitrogens with zero attached hydrogens (tertiary/aromatic N) is 1. The van der Waals surface area contributed by atoms with Gasteiger partial charge in [-0.2, -0.15) is 0 Å². The number of H-pyrrole nitrogens is 1. The molecule has 1 aromatic heterocycles. The first-order valence-electron chi connectivity index (χ1n) is 9.28. The van der Waals surface area contributed by atoms with Gasteiger partial charge < -0.3 is 19.9 Å². The highest BCUT2D eigenvalue weighted by molar-refractivity contribution is 6.07. The molecule has 0 atom stereocenters. The summed E-state index contributed by atoms with van der Waals surface area (Å²) in [6, 6.07) is 13.1. The number of ether oxygens (including phenoxy) is 1. The third-order valence-electron chi connectivity index (χ3n) is 5.01. The summed E-state index contributed by atoms with van der Waals surface area (Å²) in [5.74, 6) is -1.25. The maximum atomic E-state index is 12.7. The highest BCUT2D eigenvalue weighted by Crippen LogP contribution is 2.27. The summed E-state index contributed by atoms with van der Waals surface area (Å²) in [5, 5.41) is 3.44. The number of aromatic nitrogens is 1. The summed E-state index contributed by atoms with van der Waals surface area (Å²) in [4.78, 5) is 29.6. The van der Waals surface area contributed by atoms with Crippen molar-refractivity contribution in [2.75, 3.05) is 13.1 Å². The molecule has 6 nitrogen and oxygen atoms in total. The van der Waals surface area contributed by atoms with Gasteiger partial charge in [-0.15, -0.1) is 13.2 Å². The van der Waals surface area contributed by atoms with E-state index >= 15 is 0 Å². The highest BCUT2D eigenvalue weighted by Gasteiger charge is 2.37. The van der Waals surface area contributed by atoms with Crippen LogP contribution in [0.2, 0.25) is 0 Å². The molecule has 0 bridgehead atoms. The van der Waals surface area contributed by atoms with Crippen LogP contribution in [0.1, 0.15) is 15.9 Å². The van der Waals surface area contributed by atoms with E-state index in [2.05, 4.69) is 15.0 Å². The number of carbonyl (C=O) groups is 2. The zero-order chi connectivity index (χ0) is 21.3. The molecule has 0 radical (unpaired) electrons. The van der Waals surface area contributed by atoms with Crippen LogP contribution in [0.5, 0.6) is 5.75 Å². The van der Waals surface area contributed by atoms with Crippen LogP contribution >= 0.6 is 0 Å². The summed E-state index contributed by atoms with van der Waals surface area (Å²) in [5.41, 5.74) is 1.62. The Bertz CT molecular complexity index is 1090. The van der Waals surface area contributed by atoms with Gasteiger partial charge in [-0.05, 0) is 12.1 Å². The molecule has 2 heterocycles. The molecule has 2 aromatic carbocycles. The molecule has 1 fully saturated rings. The van der Waals surface area contributed by atoms with Crippen LogP contribution in [0.25, 0.3) is 10.9 Å². The van der Waals surface area contributed by atoms with Crippen LogP contribution in [-0.2, 0) is 11.3 Å². The number of hydrogen-bond donors (Lipinski definition) is 2. The van der Waals surface area contributed by atoms with Crippen LogP contribution in [0.4, 0.5) is 13.2 Å². The van der Waals surface area contributed by atoms with Crippen LogP contribution in [-0.4, -0.2) is 41.2 Å². The predicted molar refractivity (Wildman–Crippen MR) is 103 cm³/mol. The first kappa shape index (κ1) is 19.8. The normalized spacial score (nSPS) is 14.4. The standard InChI is InChI=1S/C21H18F3N3O3/c22-21(23,24)30-18-8-4-1-5-13(18)9-26-19(28)14-11-27(12-14)20(29)16-10-25-17-7-3-2-6-15(16)17/h1-8,10,14,25H,9,11-12H2,(H,26,28). The molecule has 1 aliphatic heterocycles. The number of nitrogens with one attached hydrogen (secondary N) is 2. The Morgan fingerprint density at radius 3 is 2.57 bits per heavy atom. The molecule has 156 valence electrons. The number of amides is 2. The summed E-state index contributed by atoms with van der Waals surface area (Å²) in [6.45, 7) is 0.410. The molecule has 0 spiro atoms. The average Bonchev–Trinajstić information content (AvgIpc) is 3.09. The largest absolute Gasteiger partial charge is 0.573 e. The molecule has 1 aliphatic rings. The third kappa shape index (κ3) is 4.10. The van der Waals surface area contributed by atoms with E-state index in [9.17, 15) is 22.8 Å². The molecule has 0 aliphatic carbocycles. The lowest BCUT2D eigenvalue weighted by molar-refractivity contribution is -0.274. The fraction of sp³-hybridized carbons (Fsp3) is 0.238. The van der Waals surface area contributed by atoms with Crippen molar-refractivity contribution in [1.82, 2.24) is 15.2 Å². The van der Waals surface area contributed by atoms with Crippen molar-refractivity contribution in [2.45, 2.75) is 12.9 Å². The van der Waals surface area contributed by atoms with Crippen molar-refractivity contribution in [3.8, 4) is 5.75 Å². The van der Waals surface area contributed by atoms with Gasteiger partial charge in [-0.1, -0.05) is 36.4 Å². The Morgan fingerprint density at radius 1 is 1.10 bits per heavy atom. The number of halogens is 3. The van der Waals surface area contributed by atoms with Crippen molar-refractivity contribution in [3.63, 3.8) is 0 Å². The van der Waals surface area contributed by atoms with Crippen LogP contribution in [0.3, 0.4) is 0 Å². The van der Waals surface area contributed by atoms with Crippen molar-refractivity contribution >= 4 is 22.7 Å². The van der Waals surface area contributed by atoms with Crippen molar-refractivity contribution in [2.24, 2.45) is 5.92 Å². The van der Waals surface area contributed by atoms with Crippen molar-refractivity contribution in [3.05, 3.63) is 65.9 Å². The number of para-hydroxylation sites is 2. The molecule has 2 amide bonds. The molecule has 1 saturated heterocycles. The molecule has 2 N–H and O–H groups in total. The topological polar surface area (TPSA) is 74.4 Å². The Balaban J connectivity index is 1.33. The molecule has 9 heteroatoms. The monoisotopic (exact) mass is 417 g/mol. The van der Waals surface area contributed by atoms with Crippen LogP contribution in [0, 0.1) is 5.92 Å². The molecular formula is C21H18F3N3O3. The van der Waals surface area contributed by atoms with E-state index in [4.69, 9.17) is 0 Å². The summed E-state index contributed by atoms with van der Waals surface area (Å²) < 4.78 is 41.5. The van der Waals surface area contributed by atoms with Gasteiger partial charge in [0.05, 0.1) is 11.5 Å². The van der Waals surface area contributed by atoms with E-state index in [1.54, 1.807) is 17.2 Å². The molecule has 0 saturated carbocycles. The fourth-order valence-electron chi connectivity index (χ4n) is 3.43. The van der Waals surface area contributed by atoms with E-state index < -0.39 is 12.3 Å². The number of aromatic amines is 1. The Hall–Kier alpha value is -3.49. The molecule has 0 unspecified atom stereocenters. The van der Waals surface area contributed by atoms with E-state index in [0.717, 1.165) is 10.9 Å². The van der Waals surface area contributed by atoms with E-state index in [-0.39, 0.29) is 42.8 Å². The predicted octanol–water partition coefficient (Wildman–Crippen LogP) is 3.45. The molecule has 4 rings (SSSR count). The van der Waals surface area contributed by atoms with Gasteiger partial charge in [-0.25, -0.2) is 0 Å². The zero-order valence-corrected chi connectivity index (χ0v) is 15.7. The quantitative estimate of drug-likeness (QED) is 0.668. The van der Waals surface area contributed by atoms with Crippen LogP contribution in [0.15, 0.2) is 54.7 Å². The summed E-state index contributed by atoms with van der Waals surface area (Å²) >= 11 is 0. The number of benzene rings is 2. The van der Waals surface area contributed by atoms with E-state index in [1.165, 1.54) is 18.2 Å². The molecule has 3 aromatic rings. The Morgan fingerprint density at radius 2 is 1.80 bits per heavy atom. The van der Waals surface area contributed by atoms with Gasteiger partial charge in [0.15, 0.2) is 0 Å². The minimum Gasteiger partial charge on any atom is -0.405 e. The SMILES string of the molecule is O=C(NCc1ccccc1OC(F)(F)F)C1CN(C(=O)c2c[nH]c3ccccc23)C1. The fourth-order valence-corrected chi connectivity index (χ4v) is 3.43. The second-order valence-electron chi connectivity index (χ2n) is 7.03.